The molecule has 70 valence electrons. The highest BCUT2D eigenvalue weighted by Gasteiger charge is 2.33. The van der Waals surface area contributed by atoms with Gasteiger partial charge in [-0.25, -0.2) is 4.39 Å². The van der Waals surface area contributed by atoms with E-state index in [9.17, 15) is 9.50 Å². The number of rotatable bonds is 1. The van der Waals surface area contributed by atoms with Gasteiger partial charge in [-0.05, 0) is 18.2 Å². The minimum atomic E-state index is -0.615. The molecule has 1 fully saturated rings. The van der Waals surface area contributed by atoms with E-state index in [1.54, 1.807) is 0 Å². The number of hydrogen-bond acceptors (Lipinski definition) is 3. The second kappa shape index (κ2) is 2.97. The summed E-state index contributed by atoms with van der Waals surface area (Å²) >= 11 is 0. The van der Waals surface area contributed by atoms with Gasteiger partial charge in [0.25, 0.3) is 0 Å². The van der Waals surface area contributed by atoms with Crippen molar-refractivity contribution in [3.63, 3.8) is 0 Å². The third kappa shape index (κ3) is 1.38. The molecule has 13 heavy (non-hydrogen) atoms. The standard InChI is InChI=1S/C9H10FNO2/c10-7-2-1-5(11)3-6(7)9-8(12)4-13-9/h1-3,8-9,12H,4,11H2. The molecule has 1 aromatic rings. The fourth-order valence-corrected chi connectivity index (χ4v) is 1.36. The lowest BCUT2D eigenvalue weighted by Gasteiger charge is -2.33. The lowest BCUT2D eigenvalue weighted by molar-refractivity contribution is -0.166. The van der Waals surface area contributed by atoms with E-state index in [4.69, 9.17) is 10.5 Å². The number of anilines is 1. The summed E-state index contributed by atoms with van der Waals surface area (Å²) in [6.45, 7) is 0.263. The van der Waals surface area contributed by atoms with Gasteiger partial charge in [-0.3, -0.25) is 0 Å². The molecule has 0 bridgehead atoms. The van der Waals surface area contributed by atoms with Gasteiger partial charge in [0.15, 0.2) is 0 Å². The molecule has 3 nitrogen and oxygen atoms in total. The van der Waals surface area contributed by atoms with E-state index in [2.05, 4.69) is 0 Å². The van der Waals surface area contributed by atoms with Gasteiger partial charge in [-0.15, -0.1) is 0 Å². The van der Waals surface area contributed by atoms with Crippen LogP contribution in [0.15, 0.2) is 18.2 Å². The molecule has 0 radical (unpaired) electrons. The zero-order valence-electron chi connectivity index (χ0n) is 6.90. The molecular weight excluding hydrogens is 173 g/mol. The van der Waals surface area contributed by atoms with Crippen LogP contribution in [0.3, 0.4) is 0 Å². The predicted molar refractivity (Wildman–Crippen MR) is 45.5 cm³/mol. The first-order chi connectivity index (χ1) is 6.18. The van der Waals surface area contributed by atoms with E-state index < -0.39 is 18.0 Å². The maximum atomic E-state index is 13.2. The molecule has 0 aromatic heterocycles. The Morgan fingerprint density at radius 2 is 2.31 bits per heavy atom. The van der Waals surface area contributed by atoms with E-state index in [0.29, 0.717) is 11.3 Å². The average molecular weight is 183 g/mol. The molecule has 1 heterocycles. The molecule has 0 aliphatic carbocycles. The smallest absolute Gasteiger partial charge is 0.129 e. The van der Waals surface area contributed by atoms with Crippen LogP contribution >= 0.6 is 0 Å². The van der Waals surface area contributed by atoms with Gasteiger partial charge in [0, 0.05) is 11.3 Å². The first-order valence-corrected chi connectivity index (χ1v) is 4.03. The summed E-state index contributed by atoms with van der Waals surface area (Å²) in [5, 5.41) is 9.24. The van der Waals surface area contributed by atoms with Crippen LogP contribution in [0.5, 0.6) is 0 Å². The Balaban J connectivity index is 2.33. The summed E-state index contributed by atoms with van der Waals surface area (Å²) in [4.78, 5) is 0. The fraction of sp³-hybridized carbons (Fsp3) is 0.333. The van der Waals surface area contributed by atoms with Crippen LogP contribution in [0, 0.1) is 5.82 Å². The van der Waals surface area contributed by atoms with Gasteiger partial charge in [-0.2, -0.15) is 0 Å². The van der Waals surface area contributed by atoms with E-state index in [-0.39, 0.29) is 6.61 Å². The number of nitrogens with two attached hydrogens (primary N) is 1. The Morgan fingerprint density at radius 3 is 2.85 bits per heavy atom. The summed E-state index contributed by atoms with van der Waals surface area (Å²) < 4.78 is 18.2. The molecule has 0 amide bonds. The zero-order chi connectivity index (χ0) is 9.42. The van der Waals surface area contributed by atoms with Crippen molar-refractivity contribution in [3.8, 4) is 0 Å². The summed E-state index contributed by atoms with van der Waals surface area (Å²) in [5.74, 6) is -0.391. The minimum absolute atomic E-state index is 0.263. The number of ether oxygens (including phenoxy) is 1. The summed E-state index contributed by atoms with van der Waals surface area (Å²) in [6, 6.07) is 4.24. The first kappa shape index (κ1) is 8.47. The number of aliphatic hydroxyl groups is 1. The molecule has 1 aliphatic rings. The summed E-state index contributed by atoms with van der Waals surface area (Å²) in [5.41, 5.74) is 6.29. The van der Waals surface area contributed by atoms with Crippen molar-refractivity contribution >= 4 is 5.69 Å². The van der Waals surface area contributed by atoms with E-state index in [1.807, 2.05) is 0 Å². The van der Waals surface area contributed by atoms with Crippen LogP contribution in [-0.2, 0) is 4.74 Å². The topological polar surface area (TPSA) is 55.5 Å². The van der Waals surface area contributed by atoms with Gasteiger partial charge in [-0.1, -0.05) is 0 Å². The van der Waals surface area contributed by atoms with Crippen LogP contribution in [0.1, 0.15) is 11.7 Å². The molecular formula is C9H10FNO2. The summed E-state index contributed by atoms with van der Waals surface area (Å²) in [6.07, 6.45) is -1.17. The maximum absolute atomic E-state index is 13.2. The van der Waals surface area contributed by atoms with Crippen molar-refractivity contribution in [1.82, 2.24) is 0 Å². The molecule has 1 saturated heterocycles. The predicted octanol–water partition coefficient (Wildman–Crippen LogP) is 0.840. The quantitative estimate of drug-likeness (QED) is 0.634. The van der Waals surface area contributed by atoms with Crippen LogP contribution < -0.4 is 5.73 Å². The Bertz CT molecular complexity index is 329. The highest BCUT2D eigenvalue weighted by Crippen LogP contribution is 2.32. The molecule has 4 heteroatoms. The van der Waals surface area contributed by atoms with Crippen molar-refractivity contribution in [3.05, 3.63) is 29.6 Å². The summed E-state index contributed by atoms with van der Waals surface area (Å²) in [7, 11) is 0. The first-order valence-electron chi connectivity index (χ1n) is 4.03. The van der Waals surface area contributed by atoms with Gasteiger partial charge in [0.1, 0.15) is 18.0 Å². The van der Waals surface area contributed by atoms with Crippen LogP contribution in [-0.4, -0.2) is 17.8 Å². The van der Waals surface area contributed by atoms with E-state index >= 15 is 0 Å². The zero-order valence-corrected chi connectivity index (χ0v) is 6.90. The van der Waals surface area contributed by atoms with Gasteiger partial charge in [0.05, 0.1) is 6.61 Å². The lowest BCUT2D eigenvalue weighted by Crippen LogP contribution is -2.37. The number of halogens is 1. The van der Waals surface area contributed by atoms with E-state index in [1.165, 1.54) is 18.2 Å². The van der Waals surface area contributed by atoms with Crippen LogP contribution in [0.25, 0.3) is 0 Å². The van der Waals surface area contributed by atoms with Crippen molar-refractivity contribution in [2.24, 2.45) is 0 Å². The Kier molecular flexibility index (Phi) is 1.94. The molecule has 3 N–H and O–H groups in total. The average Bonchev–Trinajstić information content (AvgIpc) is 2.09. The third-order valence-corrected chi connectivity index (χ3v) is 2.12. The Labute approximate surface area is 74.9 Å². The highest BCUT2D eigenvalue weighted by molar-refractivity contribution is 5.42. The largest absolute Gasteiger partial charge is 0.399 e. The van der Waals surface area contributed by atoms with Crippen molar-refractivity contribution < 1.29 is 14.2 Å². The molecule has 0 spiro atoms. The van der Waals surface area contributed by atoms with Crippen molar-refractivity contribution in [2.75, 3.05) is 12.3 Å². The normalized spacial score (nSPS) is 26.9. The molecule has 2 rings (SSSR count). The third-order valence-electron chi connectivity index (χ3n) is 2.12. The number of benzene rings is 1. The highest BCUT2D eigenvalue weighted by atomic mass is 19.1. The Morgan fingerprint density at radius 1 is 1.54 bits per heavy atom. The molecule has 2 atom stereocenters. The second-order valence-corrected chi connectivity index (χ2v) is 3.10. The Hall–Kier alpha value is -1.13. The van der Waals surface area contributed by atoms with Crippen molar-refractivity contribution in [1.29, 1.82) is 0 Å². The molecule has 2 unspecified atom stereocenters. The fourth-order valence-electron chi connectivity index (χ4n) is 1.36. The van der Waals surface area contributed by atoms with Gasteiger partial charge < -0.3 is 15.6 Å². The van der Waals surface area contributed by atoms with Crippen LogP contribution in [0.4, 0.5) is 10.1 Å². The number of aliphatic hydroxyl groups excluding tert-OH is 1. The van der Waals surface area contributed by atoms with Crippen LogP contribution in [0.2, 0.25) is 0 Å². The monoisotopic (exact) mass is 183 g/mol. The van der Waals surface area contributed by atoms with Gasteiger partial charge in [0.2, 0.25) is 0 Å². The van der Waals surface area contributed by atoms with Crippen molar-refractivity contribution in [2.45, 2.75) is 12.2 Å². The van der Waals surface area contributed by atoms with E-state index in [0.717, 1.165) is 0 Å². The molecule has 0 saturated carbocycles. The molecule has 1 aliphatic heterocycles. The minimum Gasteiger partial charge on any atom is -0.399 e. The van der Waals surface area contributed by atoms with Gasteiger partial charge >= 0.3 is 0 Å². The molecule has 1 aromatic carbocycles. The SMILES string of the molecule is Nc1ccc(F)c(C2OCC2O)c1. The lowest BCUT2D eigenvalue weighted by atomic mass is 9.99. The number of hydrogen-bond donors (Lipinski definition) is 2. The number of nitrogen functional groups attached to an aromatic ring is 1. The maximum Gasteiger partial charge on any atom is 0.129 e. The second-order valence-electron chi connectivity index (χ2n) is 3.10.